The number of nitrogens with zero attached hydrogens (tertiary/aromatic N) is 1. The number of thiazole rings is 1. The molecular weight excluding hydrogens is 334 g/mol. The van der Waals surface area contributed by atoms with Gasteiger partial charge in [0.25, 0.3) is 0 Å². The average molecular weight is 354 g/mol. The van der Waals surface area contributed by atoms with Crippen molar-refractivity contribution >= 4 is 27.3 Å². The first-order valence-corrected chi connectivity index (χ1v) is 8.33. The van der Waals surface area contributed by atoms with Gasteiger partial charge in [0, 0.05) is 21.7 Å². The number of aliphatic hydroxyl groups is 1. The Hall–Kier alpha value is -0.710. The van der Waals surface area contributed by atoms with Gasteiger partial charge in [-0.15, -0.1) is 11.3 Å². The second-order valence-corrected chi connectivity index (χ2v) is 7.92. The van der Waals surface area contributed by atoms with Gasteiger partial charge < -0.3 is 5.11 Å². The molecule has 0 saturated heterocycles. The van der Waals surface area contributed by atoms with E-state index in [1.807, 2.05) is 25.1 Å². The molecular formula is C16H20BrNOS. The summed E-state index contributed by atoms with van der Waals surface area (Å²) in [4.78, 5) is 4.64. The Morgan fingerprint density at radius 3 is 2.65 bits per heavy atom. The van der Waals surface area contributed by atoms with Crippen LogP contribution in [0.25, 0.3) is 0 Å². The fourth-order valence-electron chi connectivity index (χ4n) is 1.94. The molecule has 0 fully saturated rings. The summed E-state index contributed by atoms with van der Waals surface area (Å²) < 4.78 is 0.947. The fourth-order valence-corrected chi connectivity index (χ4v) is 3.51. The maximum atomic E-state index is 10.4. The molecule has 1 aromatic heterocycles. The van der Waals surface area contributed by atoms with Crippen molar-refractivity contribution < 1.29 is 5.11 Å². The molecule has 20 heavy (non-hydrogen) atoms. The minimum Gasteiger partial charge on any atom is -0.388 e. The molecule has 2 aromatic rings. The number of rotatable bonds is 3. The summed E-state index contributed by atoms with van der Waals surface area (Å²) in [5.41, 5.74) is 3.23. The van der Waals surface area contributed by atoms with E-state index in [1.54, 1.807) is 11.3 Å². The first kappa shape index (κ1) is 15.7. The van der Waals surface area contributed by atoms with Gasteiger partial charge >= 0.3 is 0 Å². The Labute approximate surface area is 133 Å². The van der Waals surface area contributed by atoms with Gasteiger partial charge in [0.1, 0.15) is 0 Å². The number of hydrogen-bond acceptors (Lipinski definition) is 3. The number of benzene rings is 1. The lowest BCUT2D eigenvalue weighted by molar-refractivity contribution is 0.177. The predicted molar refractivity (Wildman–Crippen MR) is 88.4 cm³/mol. The van der Waals surface area contributed by atoms with E-state index in [0.717, 1.165) is 26.3 Å². The Kier molecular flexibility index (Phi) is 4.67. The van der Waals surface area contributed by atoms with Gasteiger partial charge in [0.2, 0.25) is 0 Å². The highest BCUT2D eigenvalue weighted by Gasteiger charge is 2.19. The highest BCUT2D eigenvalue weighted by atomic mass is 79.9. The van der Waals surface area contributed by atoms with Crippen molar-refractivity contribution in [3.63, 3.8) is 0 Å². The largest absolute Gasteiger partial charge is 0.388 e. The van der Waals surface area contributed by atoms with Crippen LogP contribution in [-0.2, 0) is 11.8 Å². The van der Waals surface area contributed by atoms with Crippen molar-refractivity contribution in [1.29, 1.82) is 0 Å². The number of hydrogen-bond donors (Lipinski definition) is 1. The number of aromatic nitrogens is 1. The molecule has 0 radical (unpaired) electrons. The van der Waals surface area contributed by atoms with E-state index in [4.69, 9.17) is 0 Å². The molecule has 1 heterocycles. The zero-order chi connectivity index (χ0) is 14.9. The van der Waals surface area contributed by atoms with E-state index >= 15 is 0 Å². The molecule has 0 bridgehead atoms. The van der Waals surface area contributed by atoms with Crippen molar-refractivity contribution in [3.05, 3.63) is 49.9 Å². The lowest BCUT2D eigenvalue weighted by Crippen LogP contribution is -2.12. The maximum Gasteiger partial charge on any atom is 0.0957 e. The van der Waals surface area contributed by atoms with E-state index in [-0.39, 0.29) is 5.41 Å². The van der Waals surface area contributed by atoms with Gasteiger partial charge in [-0.1, -0.05) is 54.4 Å². The minimum atomic E-state index is -0.525. The summed E-state index contributed by atoms with van der Waals surface area (Å²) >= 11 is 5.13. The minimum absolute atomic E-state index is 0.0591. The maximum absolute atomic E-state index is 10.4. The Bertz CT molecular complexity index is 601. The van der Waals surface area contributed by atoms with Gasteiger partial charge in [0.15, 0.2) is 0 Å². The van der Waals surface area contributed by atoms with Crippen LogP contribution < -0.4 is 0 Å². The van der Waals surface area contributed by atoms with Crippen LogP contribution in [0.4, 0.5) is 0 Å². The van der Waals surface area contributed by atoms with Gasteiger partial charge in [-0.2, -0.15) is 0 Å². The zero-order valence-electron chi connectivity index (χ0n) is 12.3. The summed E-state index contributed by atoms with van der Waals surface area (Å²) in [7, 11) is 0. The number of halogens is 1. The van der Waals surface area contributed by atoms with Crippen molar-refractivity contribution in [2.75, 3.05) is 0 Å². The van der Waals surface area contributed by atoms with Crippen LogP contribution >= 0.6 is 27.3 Å². The molecule has 0 aliphatic rings. The molecule has 1 N–H and O–H groups in total. The molecule has 4 heteroatoms. The molecule has 0 spiro atoms. The second kappa shape index (κ2) is 5.96. The monoisotopic (exact) mass is 353 g/mol. The second-order valence-electron chi connectivity index (χ2n) is 6.12. The molecule has 108 valence electrons. The van der Waals surface area contributed by atoms with Crippen LogP contribution in [0.3, 0.4) is 0 Å². The van der Waals surface area contributed by atoms with Crippen LogP contribution in [-0.4, -0.2) is 10.1 Å². The van der Waals surface area contributed by atoms with Crippen LogP contribution in [0, 0.1) is 6.92 Å². The number of aliphatic hydroxyl groups excluding tert-OH is 1. The van der Waals surface area contributed by atoms with Crippen LogP contribution in [0.1, 0.15) is 48.7 Å². The number of aryl methyl sites for hydroxylation is 1. The first-order valence-electron chi connectivity index (χ1n) is 6.66. The molecule has 1 unspecified atom stereocenters. The fraction of sp³-hybridized carbons (Fsp3) is 0.438. The standard InChI is InChI=1S/C16H20BrNOS/c1-10-5-6-12(17)11(7-10)13(19)8-15-18-14(9-20-15)16(2,3)4/h5-7,9,13,19H,8H2,1-4H3. The summed E-state index contributed by atoms with van der Waals surface area (Å²) in [6, 6.07) is 6.03. The van der Waals surface area contributed by atoms with E-state index < -0.39 is 6.10 Å². The van der Waals surface area contributed by atoms with Crippen molar-refractivity contribution in [1.82, 2.24) is 4.98 Å². The summed E-state index contributed by atoms with van der Waals surface area (Å²) in [6.07, 6.45) is 0.0336. The topological polar surface area (TPSA) is 33.1 Å². The molecule has 0 aliphatic heterocycles. The van der Waals surface area contributed by atoms with Crippen molar-refractivity contribution in [3.8, 4) is 0 Å². The normalized spacial score (nSPS) is 13.5. The first-order chi connectivity index (χ1) is 9.27. The molecule has 1 atom stereocenters. The lowest BCUT2D eigenvalue weighted by atomic mass is 9.93. The highest BCUT2D eigenvalue weighted by Crippen LogP contribution is 2.30. The van der Waals surface area contributed by atoms with E-state index in [1.165, 1.54) is 0 Å². The highest BCUT2D eigenvalue weighted by molar-refractivity contribution is 9.10. The molecule has 0 aliphatic carbocycles. The smallest absolute Gasteiger partial charge is 0.0957 e. The molecule has 0 amide bonds. The molecule has 1 aromatic carbocycles. The SMILES string of the molecule is Cc1ccc(Br)c(C(O)Cc2nc(C(C)(C)C)cs2)c1. The summed E-state index contributed by atoms with van der Waals surface area (Å²) in [5.74, 6) is 0. The zero-order valence-corrected chi connectivity index (χ0v) is 14.7. The van der Waals surface area contributed by atoms with E-state index in [0.29, 0.717) is 6.42 Å². The van der Waals surface area contributed by atoms with Crippen LogP contribution in [0.5, 0.6) is 0 Å². The Balaban J connectivity index is 2.17. The van der Waals surface area contributed by atoms with E-state index in [9.17, 15) is 5.11 Å². The quantitative estimate of drug-likeness (QED) is 0.860. The average Bonchev–Trinajstić information content (AvgIpc) is 2.80. The van der Waals surface area contributed by atoms with E-state index in [2.05, 4.69) is 47.1 Å². The van der Waals surface area contributed by atoms with Gasteiger partial charge in [-0.25, -0.2) is 4.98 Å². The molecule has 2 rings (SSSR count). The van der Waals surface area contributed by atoms with Crippen molar-refractivity contribution in [2.45, 2.75) is 45.6 Å². The van der Waals surface area contributed by atoms with Gasteiger partial charge in [-0.3, -0.25) is 0 Å². The molecule has 2 nitrogen and oxygen atoms in total. The van der Waals surface area contributed by atoms with Crippen LogP contribution in [0.15, 0.2) is 28.1 Å². The summed E-state index contributed by atoms with van der Waals surface area (Å²) in [5, 5.41) is 13.5. The third-order valence-corrected chi connectivity index (χ3v) is 4.79. The predicted octanol–water partition coefficient (Wildman–Crippen LogP) is 4.79. The lowest BCUT2D eigenvalue weighted by Gasteiger charge is -2.15. The Morgan fingerprint density at radius 2 is 2.05 bits per heavy atom. The third-order valence-electron chi connectivity index (χ3n) is 3.20. The summed E-state index contributed by atoms with van der Waals surface area (Å²) in [6.45, 7) is 8.49. The molecule has 0 saturated carbocycles. The van der Waals surface area contributed by atoms with Crippen LogP contribution in [0.2, 0.25) is 0 Å². The van der Waals surface area contributed by atoms with Gasteiger partial charge in [0.05, 0.1) is 16.8 Å². The van der Waals surface area contributed by atoms with Crippen molar-refractivity contribution in [2.24, 2.45) is 0 Å². The Morgan fingerprint density at radius 1 is 1.35 bits per heavy atom. The van der Waals surface area contributed by atoms with Gasteiger partial charge in [-0.05, 0) is 18.6 Å². The third kappa shape index (κ3) is 3.68.